The van der Waals surface area contributed by atoms with E-state index in [0.29, 0.717) is 15.5 Å². The van der Waals surface area contributed by atoms with Gasteiger partial charge < -0.3 is 4.57 Å². The Morgan fingerprint density at radius 2 is 1.65 bits per heavy atom. The fourth-order valence-corrected chi connectivity index (χ4v) is 3.06. The Hall–Kier alpha value is -2.57. The first-order chi connectivity index (χ1) is 11.2. The quantitative estimate of drug-likeness (QED) is 0.716. The molecule has 2 amide bonds. The van der Waals surface area contributed by atoms with E-state index in [-0.39, 0.29) is 5.91 Å². The summed E-state index contributed by atoms with van der Waals surface area (Å²) >= 11 is 7.25. The predicted molar refractivity (Wildman–Crippen MR) is 90.0 cm³/mol. The van der Waals surface area contributed by atoms with Crippen molar-refractivity contribution in [3.63, 3.8) is 0 Å². The van der Waals surface area contributed by atoms with Gasteiger partial charge in [0.05, 0.1) is 16.3 Å². The van der Waals surface area contributed by atoms with Crippen LogP contribution in [-0.2, 0) is 0 Å². The van der Waals surface area contributed by atoms with Gasteiger partial charge in [-0.3, -0.25) is 20.4 Å². The van der Waals surface area contributed by atoms with Crippen molar-refractivity contribution in [1.82, 2.24) is 15.4 Å². The van der Waals surface area contributed by atoms with Crippen molar-refractivity contribution in [2.75, 3.05) is 0 Å². The van der Waals surface area contributed by atoms with Gasteiger partial charge in [0.1, 0.15) is 4.88 Å². The van der Waals surface area contributed by atoms with Crippen LogP contribution in [0, 0.1) is 0 Å². The van der Waals surface area contributed by atoms with Crippen LogP contribution >= 0.6 is 22.9 Å². The Morgan fingerprint density at radius 1 is 0.957 bits per heavy atom. The zero-order valence-corrected chi connectivity index (χ0v) is 13.4. The number of carbonyl (C=O) groups is 2. The summed E-state index contributed by atoms with van der Waals surface area (Å²) in [5, 5.41) is 2.14. The highest BCUT2D eigenvalue weighted by Gasteiger charge is 2.16. The minimum absolute atomic E-state index is 0.297. The molecular formula is C16H12ClN3O2S. The molecule has 2 N–H and O–H groups in total. The van der Waals surface area contributed by atoms with Crippen molar-refractivity contribution in [3.8, 4) is 5.69 Å². The average Bonchev–Trinajstić information content (AvgIpc) is 3.23. The number of halogens is 1. The summed E-state index contributed by atoms with van der Waals surface area (Å²) in [4.78, 5) is 24.8. The van der Waals surface area contributed by atoms with E-state index < -0.39 is 5.91 Å². The number of benzene rings is 1. The number of rotatable bonds is 3. The van der Waals surface area contributed by atoms with Crippen LogP contribution in [0.15, 0.2) is 60.2 Å². The molecule has 3 rings (SSSR count). The fourth-order valence-electron chi connectivity index (χ4n) is 2.05. The second-order valence-electron chi connectivity index (χ2n) is 4.61. The molecular weight excluding hydrogens is 334 g/mol. The SMILES string of the molecule is O=C(NNC(=O)c1sccc1-n1cccc1)c1ccccc1Cl. The maximum atomic E-state index is 12.3. The van der Waals surface area contributed by atoms with E-state index in [1.165, 1.54) is 11.3 Å². The molecule has 116 valence electrons. The third-order valence-electron chi connectivity index (χ3n) is 3.14. The van der Waals surface area contributed by atoms with E-state index in [9.17, 15) is 9.59 Å². The van der Waals surface area contributed by atoms with Crippen LogP contribution in [0.1, 0.15) is 20.0 Å². The van der Waals surface area contributed by atoms with Gasteiger partial charge in [-0.2, -0.15) is 0 Å². The number of nitrogens with zero attached hydrogens (tertiary/aromatic N) is 1. The minimum Gasteiger partial charge on any atom is -0.322 e. The van der Waals surface area contributed by atoms with Gasteiger partial charge in [-0.1, -0.05) is 23.7 Å². The Bertz CT molecular complexity index is 843. The van der Waals surface area contributed by atoms with E-state index in [2.05, 4.69) is 10.9 Å². The molecule has 3 aromatic rings. The van der Waals surface area contributed by atoms with Crippen molar-refractivity contribution in [1.29, 1.82) is 0 Å². The predicted octanol–water partition coefficient (Wildman–Crippen LogP) is 3.27. The zero-order chi connectivity index (χ0) is 16.2. The molecule has 7 heteroatoms. The summed E-state index contributed by atoms with van der Waals surface area (Å²) in [7, 11) is 0. The summed E-state index contributed by atoms with van der Waals surface area (Å²) in [6.45, 7) is 0. The molecule has 0 aliphatic carbocycles. The van der Waals surface area contributed by atoms with Gasteiger partial charge >= 0.3 is 0 Å². The highest BCUT2D eigenvalue weighted by Crippen LogP contribution is 2.21. The maximum Gasteiger partial charge on any atom is 0.281 e. The van der Waals surface area contributed by atoms with Crippen molar-refractivity contribution in [2.45, 2.75) is 0 Å². The lowest BCUT2D eigenvalue weighted by Gasteiger charge is -2.09. The highest BCUT2D eigenvalue weighted by atomic mass is 35.5. The van der Waals surface area contributed by atoms with Gasteiger partial charge in [-0.05, 0) is 35.7 Å². The molecule has 0 spiro atoms. The summed E-state index contributed by atoms with van der Waals surface area (Å²) in [5.74, 6) is -0.855. The van der Waals surface area contributed by atoms with E-state index >= 15 is 0 Å². The number of carbonyl (C=O) groups excluding carboxylic acids is 2. The molecule has 0 bridgehead atoms. The molecule has 2 heterocycles. The third kappa shape index (κ3) is 3.28. The minimum atomic E-state index is -0.469. The molecule has 0 fully saturated rings. The van der Waals surface area contributed by atoms with Crippen molar-refractivity contribution in [2.24, 2.45) is 0 Å². The van der Waals surface area contributed by atoms with E-state index in [1.54, 1.807) is 24.3 Å². The standard InChI is InChI=1S/C16H12ClN3O2S/c17-12-6-2-1-5-11(12)15(21)18-19-16(22)14-13(7-10-23-14)20-8-3-4-9-20/h1-10H,(H,18,21)(H,19,22). The summed E-state index contributed by atoms with van der Waals surface area (Å²) in [5.41, 5.74) is 5.84. The lowest BCUT2D eigenvalue weighted by Crippen LogP contribution is -2.41. The Labute approximate surface area is 141 Å². The van der Waals surface area contributed by atoms with Gasteiger partial charge in [-0.15, -0.1) is 11.3 Å². The first-order valence-electron chi connectivity index (χ1n) is 6.73. The van der Waals surface area contributed by atoms with Crippen LogP contribution in [-0.4, -0.2) is 16.4 Å². The first-order valence-corrected chi connectivity index (χ1v) is 7.98. The molecule has 0 saturated heterocycles. The fraction of sp³-hybridized carbons (Fsp3) is 0. The molecule has 0 aliphatic rings. The van der Waals surface area contributed by atoms with Crippen LogP contribution in [0.5, 0.6) is 0 Å². The summed E-state index contributed by atoms with van der Waals surface area (Å²) < 4.78 is 1.83. The highest BCUT2D eigenvalue weighted by molar-refractivity contribution is 7.12. The van der Waals surface area contributed by atoms with Gasteiger partial charge in [0.15, 0.2) is 0 Å². The molecule has 0 aliphatic heterocycles. The van der Waals surface area contributed by atoms with Crippen molar-refractivity contribution < 1.29 is 9.59 Å². The van der Waals surface area contributed by atoms with E-state index in [4.69, 9.17) is 11.6 Å². The molecule has 1 aromatic carbocycles. The largest absolute Gasteiger partial charge is 0.322 e. The van der Waals surface area contributed by atoms with E-state index in [0.717, 1.165) is 5.69 Å². The molecule has 0 unspecified atom stereocenters. The number of hydrogen-bond acceptors (Lipinski definition) is 3. The Kier molecular flexibility index (Phi) is 4.45. The monoisotopic (exact) mass is 345 g/mol. The average molecular weight is 346 g/mol. The number of hydrogen-bond donors (Lipinski definition) is 2. The Balaban J connectivity index is 1.70. The van der Waals surface area contributed by atoms with Crippen molar-refractivity contribution >= 4 is 34.8 Å². The summed E-state index contributed by atoms with van der Waals surface area (Å²) in [6, 6.07) is 12.2. The number of aromatic nitrogens is 1. The van der Waals surface area contributed by atoms with Gasteiger partial charge in [0.25, 0.3) is 11.8 Å². The van der Waals surface area contributed by atoms with Crippen LogP contribution in [0.2, 0.25) is 5.02 Å². The normalized spacial score (nSPS) is 10.3. The van der Waals surface area contributed by atoms with Crippen molar-refractivity contribution in [3.05, 3.63) is 75.7 Å². The number of nitrogens with one attached hydrogen (secondary N) is 2. The second-order valence-corrected chi connectivity index (χ2v) is 5.94. The van der Waals surface area contributed by atoms with Crippen LogP contribution in [0.25, 0.3) is 5.69 Å². The number of amides is 2. The van der Waals surface area contributed by atoms with Crippen LogP contribution in [0.4, 0.5) is 0 Å². The van der Waals surface area contributed by atoms with Gasteiger partial charge in [0, 0.05) is 12.4 Å². The molecule has 0 saturated carbocycles. The first kappa shape index (κ1) is 15.3. The van der Waals surface area contributed by atoms with E-state index in [1.807, 2.05) is 40.5 Å². The zero-order valence-electron chi connectivity index (χ0n) is 11.8. The molecule has 0 radical (unpaired) electrons. The van der Waals surface area contributed by atoms with Crippen LogP contribution < -0.4 is 10.9 Å². The summed E-state index contributed by atoms with van der Waals surface area (Å²) in [6.07, 6.45) is 3.70. The number of hydrazine groups is 1. The molecule has 5 nitrogen and oxygen atoms in total. The second kappa shape index (κ2) is 6.68. The van der Waals surface area contributed by atoms with Crippen LogP contribution in [0.3, 0.4) is 0 Å². The topological polar surface area (TPSA) is 63.1 Å². The molecule has 23 heavy (non-hydrogen) atoms. The van der Waals surface area contributed by atoms with Gasteiger partial charge in [0.2, 0.25) is 0 Å². The third-order valence-corrected chi connectivity index (χ3v) is 4.37. The number of thiophene rings is 1. The lowest BCUT2D eigenvalue weighted by molar-refractivity contribution is 0.0849. The molecule has 0 atom stereocenters. The lowest BCUT2D eigenvalue weighted by atomic mass is 10.2. The smallest absolute Gasteiger partial charge is 0.281 e. The molecule has 2 aromatic heterocycles. The Morgan fingerprint density at radius 3 is 2.39 bits per heavy atom. The van der Waals surface area contributed by atoms with Gasteiger partial charge in [-0.25, -0.2) is 0 Å². The maximum absolute atomic E-state index is 12.3.